The number of nitrogens with zero attached hydrogens (tertiary/aromatic N) is 4. The first-order chi connectivity index (χ1) is 25.5. The van der Waals surface area contributed by atoms with Crippen molar-refractivity contribution in [3.8, 4) is 34.9 Å². The summed E-state index contributed by atoms with van der Waals surface area (Å²) in [5, 5.41) is 4.83. The minimum Gasteiger partial charge on any atom is -0.329 e. The Labute approximate surface area is 306 Å². The monoisotopic (exact) mass is 674 g/mol. The van der Waals surface area contributed by atoms with E-state index in [4.69, 9.17) is 16.4 Å². The van der Waals surface area contributed by atoms with Crippen molar-refractivity contribution >= 4 is 55.2 Å². The summed E-state index contributed by atoms with van der Waals surface area (Å²) in [5.41, 5.74) is 11.5. The van der Waals surface area contributed by atoms with Crippen molar-refractivity contribution in [3.05, 3.63) is 158 Å². The Morgan fingerprint density at radius 1 is 0.827 bits per heavy atom. The minimum atomic E-state index is 0.401. The third-order valence-corrected chi connectivity index (χ3v) is 9.55. The van der Waals surface area contributed by atoms with Crippen molar-refractivity contribution in [3.63, 3.8) is 0 Å². The molecule has 0 amide bonds. The number of hydrogen-bond acceptors (Lipinski definition) is 3. The number of aryl methyl sites for hydroxylation is 1. The Kier molecular flexibility index (Phi) is 9.69. The van der Waals surface area contributed by atoms with Gasteiger partial charge in [-0.15, -0.1) is 6.42 Å². The van der Waals surface area contributed by atoms with Crippen LogP contribution in [0, 0.1) is 19.3 Å². The summed E-state index contributed by atoms with van der Waals surface area (Å²) in [5.74, 6) is 3.70. The van der Waals surface area contributed by atoms with Crippen molar-refractivity contribution in [2.24, 2.45) is 0 Å². The standard InChI is InChI=1S/C48H42N4/c1-7-12-20-34(11-5)48-49-41(35-21-14-13-15-22-35)32-42(50-48)37-24-16-25-39(31-37)51(29-10-4)47-33(6)30-44-46-40(47)28-27-36-23-17-26-43(45(36)46)52(44)38(18-8-2)19-9-3/h4,7-9,12-28,30-32H,2,11,29H2,1,3,5-6H3/b12-7-,19-9-,34-20+,38-18+. The fourth-order valence-electron chi connectivity index (χ4n) is 7.29. The first-order valence-corrected chi connectivity index (χ1v) is 17.8. The molecule has 0 saturated heterocycles. The van der Waals surface area contributed by atoms with E-state index >= 15 is 0 Å². The van der Waals surface area contributed by atoms with Gasteiger partial charge in [-0.3, -0.25) is 0 Å². The average molecular weight is 675 g/mol. The Morgan fingerprint density at radius 3 is 2.33 bits per heavy atom. The molecule has 52 heavy (non-hydrogen) atoms. The maximum absolute atomic E-state index is 6.14. The molecular weight excluding hydrogens is 633 g/mol. The maximum atomic E-state index is 6.14. The Balaban J connectivity index is 1.43. The van der Waals surface area contributed by atoms with Gasteiger partial charge in [0.1, 0.15) is 0 Å². The van der Waals surface area contributed by atoms with Crippen LogP contribution in [0.2, 0.25) is 0 Å². The number of allylic oxidation sites excluding steroid dienone is 9. The zero-order chi connectivity index (χ0) is 36.2. The SMILES string of the molecule is C#CCN(c1cccc(-c2cc(-c3ccccc3)nc(/C(=C/C=C\C)CC)n2)c1)c1c(C)cc2c3c1ccc1cccc(c13)n2C(/C=C\C)=C/C=C. The molecule has 2 heterocycles. The fraction of sp³-hybridized carbons (Fsp3) is 0.125. The molecule has 4 heteroatoms. The molecule has 0 N–H and O–H groups in total. The molecule has 2 aromatic heterocycles. The third-order valence-electron chi connectivity index (χ3n) is 9.55. The zero-order valence-corrected chi connectivity index (χ0v) is 30.3. The lowest BCUT2D eigenvalue weighted by Gasteiger charge is -2.27. The molecule has 0 bridgehead atoms. The predicted octanol–water partition coefficient (Wildman–Crippen LogP) is 12.6. The smallest absolute Gasteiger partial charge is 0.156 e. The summed E-state index contributed by atoms with van der Waals surface area (Å²) in [7, 11) is 0. The quantitative estimate of drug-likeness (QED) is 0.0778. The Morgan fingerprint density at radius 2 is 1.60 bits per heavy atom. The van der Waals surface area contributed by atoms with Crippen LogP contribution in [-0.2, 0) is 0 Å². The number of anilines is 2. The summed E-state index contributed by atoms with van der Waals surface area (Å²) in [6.45, 7) is 12.8. The molecule has 0 saturated carbocycles. The zero-order valence-electron chi connectivity index (χ0n) is 30.3. The van der Waals surface area contributed by atoms with Crippen molar-refractivity contribution in [2.45, 2.75) is 34.1 Å². The van der Waals surface area contributed by atoms with Gasteiger partial charge in [0.15, 0.2) is 5.82 Å². The Bertz CT molecular complexity index is 2590. The van der Waals surface area contributed by atoms with E-state index in [0.717, 1.165) is 79.4 Å². The summed E-state index contributed by atoms with van der Waals surface area (Å²) in [6, 6.07) is 34.3. The van der Waals surface area contributed by atoms with E-state index in [-0.39, 0.29) is 0 Å². The molecule has 0 aliphatic rings. The number of rotatable bonds is 11. The highest BCUT2D eigenvalue weighted by Gasteiger charge is 2.23. The highest BCUT2D eigenvalue weighted by Crippen LogP contribution is 2.45. The van der Waals surface area contributed by atoms with Crippen LogP contribution in [0.4, 0.5) is 11.4 Å². The van der Waals surface area contributed by atoms with E-state index in [1.54, 1.807) is 0 Å². The van der Waals surface area contributed by atoms with Gasteiger partial charge < -0.3 is 9.47 Å². The van der Waals surface area contributed by atoms with Gasteiger partial charge in [0, 0.05) is 38.7 Å². The second-order valence-electron chi connectivity index (χ2n) is 12.8. The molecule has 0 unspecified atom stereocenters. The van der Waals surface area contributed by atoms with E-state index in [0.29, 0.717) is 6.54 Å². The molecule has 5 aromatic carbocycles. The first kappa shape index (κ1) is 34.0. The molecule has 0 aliphatic carbocycles. The first-order valence-electron chi connectivity index (χ1n) is 17.8. The average Bonchev–Trinajstić information content (AvgIpc) is 3.51. The summed E-state index contributed by atoms with van der Waals surface area (Å²) >= 11 is 0. The Hall–Kier alpha value is -6.44. The van der Waals surface area contributed by atoms with E-state index in [9.17, 15) is 0 Å². The normalized spacial score (nSPS) is 12.5. The number of hydrogen-bond donors (Lipinski definition) is 0. The predicted molar refractivity (Wildman–Crippen MR) is 224 cm³/mol. The summed E-state index contributed by atoms with van der Waals surface area (Å²) in [4.78, 5) is 12.5. The van der Waals surface area contributed by atoms with E-state index < -0.39 is 0 Å². The molecule has 7 rings (SSSR count). The van der Waals surface area contributed by atoms with Gasteiger partial charge in [0.05, 0.1) is 34.7 Å². The van der Waals surface area contributed by atoms with Crippen LogP contribution in [0.1, 0.15) is 38.6 Å². The molecular formula is C48H42N4. The van der Waals surface area contributed by atoms with Gasteiger partial charge in [0.25, 0.3) is 0 Å². The number of terminal acetylenes is 1. The largest absolute Gasteiger partial charge is 0.329 e. The lowest BCUT2D eigenvalue weighted by atomic mass is 9.97. The minimum absolute atomic E-state index is 0.401. The molecule has 7 aromatic rings. The van der Waals surface area contributed by atoms with Crippen LogP contribution >= 0.6 is 0 Å². The molecule has 0 aliphatic heterocycles. The second-order valence-corrected chi connectivity index (χ2v) is 12.8. The molecule has 254 valence electrons. The van der Waals surface area contributed by atoms with E-state index in [1.165, 1.54) is 16.2 Å². The van der Waals surface area contributed by atoms with Crippen LogP contribution in [0.3, 0.4) is 0 Å². The number of aromatic nitrogens is 3. The summed E-state index contributed by atoms with van der Waals surface area (Å²) in [6.07, 6.45) is 21.3. The second kappa shape index (κ2) is 14.8. The van der Waals surface area contributed by atoms with Crippen LogP contribution in [0.15, 0.2) is 146 Å². The molecule has 0 spiro atoms. The van der Waals surface area contributed by atoms with Crippen molar-refractivity contribution in [1.29, 1.82) is 0 Å². The lowest BCUT2D eigenvalue weighted by Crippen LogP contribution is -2.19. The topological polar surface area (TPSA) is 34.0 Å². The van der Waals surface area contributed by atoms with Crippen molar-refractivity contribution in [1.82, 2.24) is 14.5 Å². The van der Waals surface area contributed by atoms with Gasteiger partial charge in [-0.25, -0.2) is 9.97 Å². The van der Waals surface area contributed by atoms with Gasteiger partial charge in [0.2, 0.25) is 0 Å². The van der Waals surface area contributed by atoms with Crippen LogP contribution in [-0.4, -0.2) is 21.1 Å². The van der Waals surface area contributed by atoms with Crippen molar-refractivity contribution < 1.29 is 0 Å². The lowest BCUT2D eigenvalue weighted by molar-refractivity contribution is 1.08. The maximum Gasteiger partial charge on any atom is 0.156 e. The van der Waals surface area contributed by atoms with E-state index in [2.05, 4.69) is 139 Å². The van der Waals surface area contributed by atoms with Crippen LogP contribution in [0.5, 0.6) is 0 Å². The highest BCUT2D eigenvalue weighted by atomic mass is 15.1. The third kappa shape index (κ3) is 6.12. The van der Waals surface area contributed by atoms with Crippen LogP contribution < -0.4 is 4.90 Å². The number of benzene rings is 5. The fourth-order valence-corrected chi connectivity index (χ4v) is 7.29. The van der Waals surface area contributed by atoms with Gasteiger partial charge in [-0.2, -0.15) is 0 Å². The van der Waals surface area contributed by atoms with Gasteiger partial charge in [-0.05, 0) is 86.2 Å². The molecule has 0 fully saturated rings. The van der Waals surface area contributed by atoms with Crippen LogP contribution in [0.25, 0.3) is 66.4 Å². The van der Waals surface area contributed by atoms with Gasteiger partial charge >= 0.3 is 0 Å². The van der Waals surface area contributed by atoms with Crippen molar-refractivity contribution in [2.75, 3.05) is 11.4 Å². The highest BCUT2D eigenvalue weighted by molar-refractivity contribution is 6.27. The molecule has 0 radical (unpaired) electrons. The van der Waals surface area contributed by atoms with E-state index in [1.807, 2.05) is 50.3 Å². The molecule has 4 nitrogen and oxygen atoms in total. The van der Waals surface area contributed by atoms with Gasteiger partial charge in [-0.1, -0.05) is 117 Å². The molecule has 0 atom stereocenters. The summed E-state index contributed by atoms with van der Waals surface area (Å²) < 4.78 is 2.35.